The van der Waals surface area contributed by atoms with Gasteiger partial charge in [-0.1, -0.05) is 68.8 Å². The van der Waals surface area contributed by atoms with Crippen molar-refractivity contribution >= 4 is 11.8 Å². The van der Waals surface area contributed by atoms with Crippen LogP contribution in [0.25, 0.3) is 0 Å². The molecule has 200 valence electrons. The van der Waals surface area contributed by atoms with Gasteiger partial charge in [-0.15, -0.1) is 0 Å². The molecular formula is C33H40N2O3. The first-order valence-corrected chi connectivity index (χ1v) is 14.3. The molecule has 5 nitrogen and oxygen atoms in total. The molecule has 1 saturated heterocycles. The van der Waals surface area contributed by atoms with E-state index in [0.29, 0.717) is 23.7 Å². The molecule has 2 N–H and O–H groups in total. The summed E-state index contributed by atoms with van der Waals surface area (Å²) in [7, 11) is 1.64. The molecule has 1 heterocycles. The van der Waals surface area contributed by atoms with Crippen LogP contribution in [0.15, 0.2) is 66.4 Å². The number of methoxy groups -OCH3 is 1. The number of hydrogen-bond acceptors (Lipinski definition) is 3. The van der Waals surface area contributed by atoms with Crippen LogP contribution in [0, 0.1) is 34.5 Å². The van der Waals surface area contributed by atoms with Crippen LogP contribution in [-0.2, 0) is 9.59 Å². The Hall–Kier alpha value is -3.08. The van der Waals surface area contributed by atoms with Crippen LogP contribution < -0.4 is 15.4 Å². The third-order valence-electron chi connectivity index (χ3n) is 10.6. The van der Waals surface area contributed by atoms with Crippen LogP contribution in [0.5, 0.6) is 5.75 Å². The van der Waals surface area contributed by atoms with E-state index in [-0.39, 0.29) is 23.3 Å². The number of amides is 2. The molecule has 0 aromatic heterocycles. The Labute approximate surface area is 226 Å². The van der Waals surface area contributed by atoms with Crippen molar-refractivity contribution in [3.63, 3.8) is 0 Å². The van der Waals surface area contributed by atoms with E-state index < -0.39 is 5.92 Å². The van der Waals surface area contributed by atoms with Gasteiger partial charge in [-0.25, -0.2) is 0 Å². The van der Waals surface area contributed by atoms with Crippen molar-refractivity contribution in [2.24, 2.45) is 34.5 Å². The number of carbonyl (C=O) groups excluding carboxylic acids is 2. The van der Waals surface area contributed by atoms with Crippen molar-refractivity contribution in [3.05, 3.63) is 77.5 Å². The summed E-state index contributed by atoms with van der Waals surface area (Å²) in [6.07, 6.45) is 10.4. The minimum absolute atomic E-state index is 0.173. The molecular weight excluding hydrogens is 472 g/mol. The summed E-state index contributed by atoms with van der Waals surface area (Å²) in [5.41, 5.74) is 3.30. The third-order valence-corrected chi connectivity index (χ3v) is 10.6. The van der Waals surface area contributed by atoms with Crippen LogP contribution in [0.4, 0.5) is 0 Å². The molecule has 2 aromatic carbocycles. The Kier molecular flexibility index (Phi) is 6.36. The van der Waals surface area contributed by atoms with E-state index in [9.17, 15) is 9.59 Å². The first kappa shape index (κ1) is 25.2. The summed E-state index contributed by atoms with van der Waals surface area (Å²) in [5.74, 6) is 1.61. The average molecular weight is 513 g/mol. The van der Waals surface area contributed by atoms with Gasteiger partial charge in [0, 0.05) is 11.1 Å². The smallest absolute Gasteiger partial charge is 0.236 e. The molecule has 0 bridgehead atoms. The molecule has 2 amide bonds. The molecule has 3 fully saturated rings. The highest BCUT2D eigenvalue weighted by Crippen LogP contribution is 2.64. The van der Waals surface area contributed by atoms with Gasteiger partial charge in [0.25, 0.3) is 0 Å². The van der Waals surface area contributed by atoms with E-state index in [2.05, 4.69) is 30.6 Å². The molecule has 2 unspecified atom stereocenters. The molecule has 38 heavy (non-hydrogen) atoms. The molecule has 1 aliphatic heterocycles. The Morgan fingerprint density at radius 3 is 2.47 bits per heavy atom. The molecule has 2 saturated carbocycles. The zero-order valence-corrected chi connectivity index (χ0v) is 22.8. The maximum absolute atomic E-state index is 13.9. The minimum atomic E-state index is -0.711. The fourth-order valence-corrected chi connectivity index (χ4v) is 8.53. The largest absolute Gasteiger partial charge is 0.497 e. The third kappa shape index (κ3) is 4.15. The quantitative estimate of drug-likeness (QED) is 0.471. The van der Waals surface area contributed by atoms with E-state index in [0.717, 1.165) is 34.9 Å². The van der Waals surface area contributed by atoms with Crippen molar-refractivity contribution in [3.8, 4) is 5.75 Å². The zero-order chi connectivity index (χ0) is 26.5. The molecule has 4 aliphatic rings. The summed E-state index contributed by atoms with van der Waals surface area (Å²) in [6, 6.07) is 17.4. The Morgan fingerprint density at radius 1 is 1.00 bits per heavy atom. The van der Waals surface area contributed by atoms with E-state index in [1.54, 1.807) is 7.11 Å². The number of hydrogen-bond donors (Lipinski definition) is 2. The van der Waals surface area contributed by atoms with E-state index >= 15 is 0 Å². The normalized spacial score (nSPS) is 34.6. The monoisotopic (exact) mass is 512 g/mol. The molecule has 6 rings (SSSR count). The topological polar surface area (TPSA) is 67.4 Å². The number of benzene rings is 2. The summed E-state index contributed by atoms with van der Waals surface area (Å²) in [6.45, 7) is 4.81. The van der Waals surface area contributed by atoms with Crippen LogP contribution in [0.2, 0.25) is 0 Å². The second kappa shape index (κ2) is 9.59. The molecule has 7 atom stereocenters. The van der Waals surface area contributed by atoms with Gasteiger partial charge in [0.05, 0.1) is 13.2 Å². The van der Waals surface area contributed by atoms with Crippen molar-refractivity contribution in [2.75, 3.05) is 7.11 Å². The number of rotatable bonds is 5. The average Bonchev–Trinajstić information content (AvgIpc) is 3.34. The Bertz CT molecular complexity index is 1240. The summed E-state index contributed by atoms with van der Waals surface area (Å²) < 4.78 is 5.34. The van der Waals surface area contributed by atoms with Gasteiger partial charge in [-0.05, 0) is 85.0 Å². The highest BCUT2D eigenvalue weighted by Gasteiger charge is 2.58. The highest BCUT2D eigenvalue weighted by molar-refractivity contribution is 6.02. The van der Waals surface area contributed by atoms with Crippen molar-refractivity contribution in [2.45, 2.75) is 64.8 Å². The van der Waals surface area contributed by atoms with Gasteiger partial charge in [0.2, 0.25) is 11.8 Å². The van der Waals surface area contributed by atoms with Gasteiger partial charge in [-0.3, -0.25) is 9.59 Å². The highest BCUT2D eigenvalue weighted by atomic mass is 16.5. The molecule has 3 aliphatic carbocycles. The van der Waals surface area contributed by atoms with E-state index in [1.807, 2.05) is 54.6 Å². The van der Waals surface area contributed by atoms with Gasteiger partial charge in [0.15, 0.2) is 0 Å². The minimum Gasteiger partial charge on any atom is -0.497 e. The maximum atomic E-state index is 13.9. The second-order valence-corrected chi connectivity index (χ2v) is 12.6. The predicted molar refractivity (Wildman–Crippen MR) is 148 cm³/mol. The van der Waals surface area contributed by atoms with Crippen LogP contribution in [0.1, 0.15) is 76.0 Å². The number of nitrogens with one attached hydrogen (secondary N) is 2. The van der Waals surface area contributed by atoms with E-state index in [4.69, 9.17) is 4.74 Å². The maximum Gasteiger partial charge on any atom is 0.236 e. The fraction of sp³-hybridized carbons (Fsp3) is 0.515. The summed E-state index contributed by atoms with van der Waals surface area (Å²) >= 11 is 0. The number of piperidine rings is 1. The Balaban J connectivity index is 1.27. The number of fused-ring (bicyclic) bond motifs is 5. The van der Waals surface area contributed by atoms with Crippen LogP contribution in [0.3, 0.4) is 0 Å². The van der Waals surface area contributed by atoms with Crippen molar-refractivity contribution in [1.29, 1.82) is 0 Å². The summed E-state index contributed by atoms with van der Waals surface area (Å²) in [5, 5.41) is 6.46. The zero-order valence-electron chi connectivity index (χ0n) is 22.8. The van der Waals surface area contributed by atoms with Gasteiger partial charge < -0.3 is 15.4 Å². The van der Waals surface area contributed by atoms with Gasteiger partial charge in [0.1, 0.15) is 11.7 Å². The van der Waals surface area contributed by atoms with Gasteiger partial charge >= 0.3 is 0 Å². The van der Waals surface area contributed by atoms with Crippen molar-refractivity contribution in [1.82, 2.24) is 10.6 Å². The van der Waals surface area contributed by atoms with Crippen LogP contribution >= 0.6 is 0 Å². The fourth-order valence-electron chi connectivity index (χ4n) is 8.53. The van der Waals surface area contributed by atoms with Crippen LogP contribution in [-0.4, -0.2) is 18.9 Å². The van der Waals surface area contributed by atoms with Gasteiger partial charge in [-0.2, -0.15) is 0 Å². The number of allylic oxidation sites excluding steroid dienone is 2. The lowest BCUT2D eigenvalue weighted by Crippen LogP contribution is -2.57. The lowest BCUT2D eigenvalue weighted by molar-refractivity contribution is -0.141. The first-order valence-electron chi connectivity index (χ1n) is 14.3. The van der Waals surface area contributed by atoms with Crippen molar-refractivity contribution < 1.29 is 14.3 Å². The molecule has 0 radical (unpaired) electrons. The molecule has 0 spiro atoms. The Morgan fingerprint density at radius 2 is 1.74 bits per heavy atom. The number of carbonyl (C=O) groups is 2. The lowest BCUT2D eigenvalue weighted by atomic mass is 9.49. The second-order valence-electron chi connectivity index (χ2n) is 12.6. The molecule has 2 aromatic rings. The predicted octanol–water partition coefficient (Wildman–Crippen LogP) is 6.16. The first-order chi connectivity index (χ1) is 18.3. The standard InChI is InChI=1S/C33H40N2O3/c1-32-18-7-10-26(32)24-15-16-28-33(2,27(24)17-19-32)20-25(30(36)34-28)31(37)35-29(21-8-5-4-6-9-21)22-11-13-23(38-3)14-12-22/h4-6,8-9,11-14,16,24-27,29H,7,10,15,17-20H2,1-3H3,(H,34,36)(H,35,37)/t24-,25?,26-,27+,29?,32-,33+/m0/s1. The van der Waals surface area contributed by atoms with E-state index in [1.165, 1.54) is 32.1 Å². The SMILES string of the molecule is COc1ccc(C(NC(=O)C2C[C@@]3(C)C(=CC[C@@H]4[C@H]3CC[C@]3(C)CCC[C@@H]43)NC2=O)c2ccccc2)cc1. The summed E-state index contributed by atoms with van der Waals surface area (Å²) in [4.78, 5) is 27.2. The number of ether oxygens (including phenoxy) is 1. The molecule has 5 heteroatoms. The lowest BCUT2D eigenvalue weighted by Gasteiger charge is -2.57.